The van der Waals surface area contributed by atoms with Crippen molar-refractivity contribution in [1.29, 1.82) is 0 Å². The molecule has 3 rings (SSSR count). The molecular formula is C22H26N4O3S. The van der Waals surface area contributed by atoms with Gasteiger partial charge in [0.1, 0.15) is 17.3 Å². The van der Waals surface area contributed by atoms with Crippen molar-refractivity contribution >= 4 is 17.7 Å². The monoisotopic (exact) mass is 426 g/mol. The lowest BCUT2D eigenvalue weighted by Crippen LogP contribution is -2.29. The molecule has 0 saturated heterocycles. The van der Waals surface area contributed by atoms with Crippen LogP contribution in [0.1, 0.15) is 30.8 Å². The van der Waals surface area contributed by atoms with Crippen LogP contribution in [0.3, 0.4) is 0 Å². The van der Waals surface area contributed by atoms with Gasteiger partial charge in [0, 0.05) is 5.69 Å². The van der Waals surface area contributed by atoms with Gasteiger partial charge in [-0.15, -0.1) is 10.2 Å². The van der Waals surface area contributed by atoms with Gasteiger partial charge in [-0.2, -0.15) is 0 Å². The van der Waals surface area contributed by atoms with Crippen molar-refractivity contribution < 1.29 is 14.3 Å². The van der Waals surface area contributed by atoms with Crippen LogP contribution in [0, 0.1) is 6.92 Å². The third-order valence-electron chi connectivity index (χ3n) is 4.72. The summed E-state index contributed by atoms with van der Waals surface area (Å²) in [6.07, 6.45) is 0.796. The number of methoxy groups -OCH3 is 2. The summed E-state index contributed by atoms with van der Waals surface area (Å²) < 4.78 is 12.3. The number of aromatic nitrogens is 3. The number of carbonyl (C=O) groups excluding carboxylic acids is 1. The second kappa shape index (κ2) is 10.2. The lowest BCUT2D eigenvalue weighted by Gasteiger charge is -2.18. The third kappa shape index (κ3) is 5.13. The number of hydrogen-bond acceptors (Lipinski definition) is 6. The van der Waals surface area contributed by atoms with Crippen molar-refractivity contribution in [2.75, 3.05) is 20.0 Å². The summed E-state index contributed by atoms with van der Waals surface area (Å²) in [6.45, 7) is 3.93. The van der Waals surface area contributed by atoms with E-state index in [0.717, 1.165) is 35.0 Å². The Morgan fingerprint density at radius 2 is 1.63 bits per heavy atom. The highest BCUT2D eigenvalue weighted by molar-refractivity contribution is 7.99. The summed E-state index contributed by atoms with van der Waals surface area (Å²) in [5, 5.41) is 12.2. The minimum absolute atomic E-state index is 0.0507. The van der Waals surface area contributed by atoms with Crippen molar-refractivity contribution in [1.82, 2.24) is 20.1 Å². The summed E-state index contributed by atoms with van der Waals surface area (Å²) in [7, 11) is 3.27. The molecule has 0 spiro atoms. The van der Waals surface area contributed by atoms with Crippen molar-refractivity contribution in [2.24, 2.45) is 0 Å². The number of ether oxygens (including phenoxy) is 2. The van der Waals surface area contributed by atoms with Gasteiger partial charge < -0.3 is 14.8 Å². The van der Waals surface area contributed by atoms with Gasteiger partial charge in [0.05, 0.1) is 26.0 Å². The molecule has 0 radical (unpaired) electrons. The van der Waals surface area contributed by atoms with E-state index in [1.54, 1.807) is 14.2 Å². The van der Waals surface area contributed by atoms with Crippen LogP contribution in [0.2, 0.25) is 0 Å². The molecule has 0 saturated carbocycles. The molecule has 0 fully saturated rings. The maximum absolute atomic E-state index is 12.6. The fourth-order valence-corrected chi connectivity index (χ4v) is 3.90. The lowest BCUT2D eigenvalue weighted by atomic mass is 10.0. The van der Waals surface area contributed by atoms with Crippen LogP contribution >= 0.6 is 11.8 Å². The smallest absolute Gasteiger partial charge is 0.230 e. The van der Waals surface area contributed by atoms with Crippen LogP contribution in [-0.2, 0) is 4.79 Å². The van der Waals surface area contributed by atoms with Gasteiger partial charge in [-0.3, -0.25) is 9.36 Å². The standard InChI is InChI=1S/C22H26N4O3S/c1-5-20(16-6-10-18(28-3)11-7-16)23-21(27)14-30-22-25-24-15(2)26(22)17-8-12-19(29-4)13-9-17/h6-13,20H,5,14H2,1-4H3,(H,23,27). The Balaban J connectivity index is 1.65. The Bertz CT molecular complexity index is 971. The van der Waals surface area contributed by atoms with Crippen LogP contribution in [0.5, 0.6) is 11.5 Å². The van der Waals surface area contributed by atoms with Gasteiger partial charge in [0.25, 0.3) is 0 Å². The molecule has 1 amide bonds. The third-order valence-corrected chi connectivity index (χ3v) is 5.65. The predicted octanol–water partition coefficient (Wildman–Crippen LogP) is 3.95. The second-order valence-electron chi connectivity index (χ2n) is 6.65. The number of amides is 1. The molecule has 1 aromatic heterocycles. The molecule has 0 aliphatic rings. The number of rotatable bonds is 9. The molecule has 1 unspecified atom stereocenters. The van der Waals surface area contributed by atoms with E-state index in [2.05, 4.69) is 15.5 Å². The van der Waals surface area contributed by atoms with E-state index in [1.807, 2.05) is 66.9 Å². The molecule has 8 heteroatoms. The van der Waals surface area contributed by atoms with Crippen LogP contribution in [0.15, 0.2) is 53.7 Å². The number of nitrogens with one attached hydrogen (secondary N) is 1. The molecule has 2 aromatic carbocycles. The highest BCUT2D eigenvalue weighted by Crippen LogP contribution is 2.24. The normalized spacial score (nSPS) is 11.7. The van der Waals surface area contributed by atoms with Crippen LogP contribution < -0.4 is 14.8 Å². The maximum Gasteiger partial charge on any atom is 0.230 e. The molecule has 1 atom stereocenters. The van der Waals surface area contributed by atoms with Crippen molar-refractivity contribution in [2.45, 2.75) is 31.5 Å². The van der Waals surface area contributed by atoms with Gasteiger partial charge in [0.2, 0.25) is 5.91 Å². The zero-order valence-electron chi connectivity index (χ0n) is 17.6. The van der Waals surface area contributed by atoms with E-state index in [1.165, 1.54) is 11.8 Å². The SMILES string of the molecule is CCC(NC(=O)CSc1nnc(C)n1-c1ccc(OC)cc1)c1ccc(OC)cc1. The van der Waals surface area contributed by atoms with Gasteiger partial charge in [-0.05, 0) is 55.3 Å². The predicted molar refractivity (Wildman–Crippen MR) is 118 cm³/mol. The van der Waals surface area contributed by atoms with Gasteiger partial charge in [0.15, 0.2) is 5.16 Å². The van der Waals surface area contributed by atoms with E-state index in [-0.39, 0.29) is 17.7 Å². The van der Waals surface area contributed by atoms with E-state index in [4.69, 9.17) is 9.47 Å². The largest absolute Gasteiger partial charge is 0.497 e. The first-order chi connectivity index (χ1) is 14.5. The molecule has 0 aliphatic carbocycles. The van der Waals surface area contributed by atoms with Gasteiger partial charge >= 0.3 is 0 Å². The van der Waals surface area contributed by atoms with Crippen LogP contribution in [-0.4, -0.2) is 40.6 Å². The Labute approximate surface area is 180 Å². The Morgan fingerprint density at radius 1 is 1.03 bits per heavy atom. The average molecular weight is 427 g/mol. The van der Waals surface area contributed by atoms with Crippen molar-refractivity contribution in [3.8, 4) is 17.2 Å². The van der Waals surface area contributed by atoms with Gasteiger partial charge in [-0.25, -0.2) is 0 Å². The molecular weight excluding hydrogens is 400 g/mol. The molecule has 30 heavy (non-hydrogen) atoms. The molecule has 3 aromatic rings. The van der Waals surface area contributed by atoms with Crippen molar-refractivity contribution in [3.05, 3.63) is 59.9 Å². The first-order valence-corrected chi connectivity index (χ1v) is 10.7. The molecule has 1 heterocycles. The number of nitrogens with zero attached hydrogens (tertiary/aromatic N) is 3. The first kappa shape index (κ1) is 21.7. The summed E-state index contributed by atoms with van der Waals surface area (Å²) >= 11 is 1.36. The molecule has 0 bridgehead atoms. The fourth-order valence-electron chi connectivity index (χ4n) is 3.09. The quantitative estimate of drug-likeness (QED) is 0.522. The fraction of sp³-hybridized carbons (Fsp3) is 0.318. The van der Waals surface area contributed by atoms with Crippen molar-refractivity contribution in [3.63, 3.8) is 0 Å². The van der Waals surface area contributed by atoms with E-state index in [0.29, 0.717) is 5.16 Å². The zero-order valence-corrected chi connectivity index (χ0v) is 18.4. The minimum Gasteiger partial charge on any atom is -0.497 e. The maximum atomic E-state index is 12.6. The molecule has 158 valence electrons. The first-order valence-electron chi connectivity index (χ1n) is 9.68. The topological polar surface area (TPSA) is 78.3 Å². The van der Waals surface area contributed by atoms with Gasteiger partial charge in [-0.1, -0.05) is 30.8 Å². The Morgan fingerprint density at radius 3 is 2.20 bits per heavy atom. The Hall–Kier alpha value is -3.00. The molecule has 1 N–H and O–H groups in total. The number of benzene rings is 2. The summed E-state index contributed by atoms with van der Waals surface area (Å²) in [5.74, 6) is 2.53. The Kier molecular flexibility index (Phi) is 7.35. The molecule has 0 aliphatic heterocycles. The highest BCUT2D eigenvalue weighted by atomic mass is 32.2. The van der Waals surface area contributed by atoms with E-state index < -0.39 is 0 Å². The summed E-state index contributed by atoms with van der Waals surface area (Å²) in [5.41, 5.74) is 1.97. The number of thioether (sulfide) groups is 1. The minimum atomic E-state index is -0.0513. The summed E-state index contributed by atoms with van der Waals surface area (Å²) in [6, 6.07) is 15.4. The average Bonchev–Trinajstić information content (AvgIpc) is 3.16. The lowest BCUT2D eigenvalue weighted by molar-refractivity contribution is -0.119. The second-order valence-corrected chi connectivity index (χ2v) is 7.60. The highest BCUT2D eigenvalue weighted by Gasteiger charge is 2.16. The van der Waals surface area contributed by atoms with Crippen LogP contribution in [0.4, 0.5) is 0 Å². The molecule has 7 nitrogen and oxygen atoms in total. The van der Waals surface area contributed by atoms with E-state index >= 15 is 0 Å². The zero-order chi connectivity index (χ0) is 21.5. The number of hydrogen-bond donors (Lipinski definition) is 1. The van der Waals surface area contributed by atoms with E-state index in [9.17, 15) is 4.79 Å². The summed E-state index contributed by atoms with van der Waals surface area (Å²) in [4.78, 5) is 12.6. The number of carbonyl (C=O) groups is 1. The number of aryl methyl sites for hydroxylation is 1. The van der Waals surface area contributed by atoms with Crippen LogP contribution in [0.25, 0.3) is 5.69 Å².